The number of phosphoric ester groups is 1. The molecule has 232 valence electrons. The Morgan fingerprint density at radius 1 is 0.875 bits per heavy atom. The summed E-state index contributed by atoms with van der Waals surface area (Å²) >= 11 is 0. The molecule has 11 heteroatoms. The van der Waals surface area contributed by atoms with E-state index in [1.54, 1.807) is 0 Å². The molecule has 0 saturated carbocycles. The Kier molecular flexibility index (Phi) is 17.2. The standard InChI is InChI=1S/C29H52FN2O7P/c1-4-6-8-10-12-14-16-18-20-36-40(35,37-21-19-17-15-13-11-9-7-5-2)39-28-25(30)22-26(38-28)32-23-24(3)27(33)31-29(32)34/h23,25-26,28H,4-22H2,1-3H3,(H,31,33,34)/t25-,26+,28+/m0/s1. The second-order valence-corrected chi connectivity index (χ2v) is 12.5. The van der Waals surface area contributed by atoms with Gasteiger partial charge in [0.15, 0.2) is 6.17 Å². The molecule has 1 saturated heterocycles. The summed E-state index contributed by atoms with van der Waals surface area (Å²) in [5.74, 6) is 0. The molecular formula is C29H52FN2O7P. The largest absolute Gasteiger partial charge is 0.477 e. The van der Waals surface area contributed by atoms with Gasteiger partial charge in [-0.1, -0.05) is 104 Å². The van der Waals surface area contributed by atoms with Crippen LogP contribution in [0.1, 0.15) is 135 Å². The van der Waals surface area contributed by atoms with Crippen LogP contribution in [0.5, 0.6) is 0 Å². The predicted molar refractivity (Wildman–Crippen MR) is 155 cm³/mol. The van der Waals surface area contributed by atoms with Gasteiger partial charge in [0.25, 0.3) is 5.56 Å². The summed E-state index contributed by atoms with van der Waals surface area (Å²) in [4.78, 5) is 26.1. The summed E-state index contributed by atoms with van der Waals surface area (Å²) in [5, 5.41) is 0. The van der Waals surface area contributed by atoms with Gasteiger partial charge in [-0.3, -0.25) is 27.9 Å². The van der Waals surface area contributed by atoms with Crippen molar-refractivity contribution in [2.24, 2.45) is 0 Å². The van der Waals surface area contributed by atoms with Crippen molar-refractivity contribution in [2.75, 3.05) is 13.2 Å². The zero-order valence-electron chi connectivity index (χ0n) is 24.9. The molecule has 40 heavy (non-hydrogen) atoms. The number of H-pyrrole nitrogens is 1. The molecule has 0 aliphatic carbocycles. The van der Waals surface area contributed by atoms with Crippen molar-refractivity contribution in [3.05, 3.63) is 32.6 Å². The molecule has 3 atom stereocenters. The maximum Gasteiger partial charge on any atom is 0.477 e. The van der Waals surface area contributed by atoms with Crippen LogP contribution in [0.2, 0.25) is 0 Å². The third kappa shape index (κ3) is 13.1. The fourth-order valence-electron chi connectivity index (χ4n) is 4.72. The van der Waals surface area contributed by atoms with Crippen molar-refractivity contribution in [3.63, 3.8) is 0 Å². The summed E-state index contributed by atoms with van der Waals surface area (Å²) in [6.07, 6.45) is 14.5. The van der Waals surface area contributed by atoms with Crippen molar-refractivity contribution in [2.45, 2.75) is 149 Å². The number of aromatic nitrogens is 2. The second kappa shape index (κ2) is 19.7. The first-order valence-corrected chi connectivity index (χ1v) is 16.9. The molecule has 2 rings (SSSR count). The molecule has 0 aromatic carbocycles. The van der Waals surface area contributed by atoms with Gasteiger partial charge in [0.2, 0.25) is 6.29 Å². The number of aromatic amines is 1. The van der Waals surface area contributed by atoms with Gasteiger partial charge in [0, 0.05) is 18.2 Å². The van der Waals surface area contributed by atoms with Crippen molar-refractivity contribution in [3.8, 4) is 0 Å². The highest BCUT2D eigenvalue weighted by Crippen LogP contribution is 2.53. The van der Waals surface area contributed by atoms with E-state index in [2.05, 4.69) is 18.8 Å². The first-order valence-electron chi connectivity index (χ1n) is 15.5. The Morgan fingerprint density at radius 3 is 1.85 bits per heavy atom. The van der Waals surface area contributed by atoms with E-state index in [1.165, 1.54) is 64.5 Å². The molecule has 1 aromatic heterocycles. The minimum Gasteiger partial charge on any atom is -0.325 e. The summed E-state index contributed by atoms with van der Waals surface area (Å²) in [7, 11) is -4.10. The molecule has 1 N–H and O–H groups in total. The fraction of sp³-hybridized carbons (Fsp3) is 0.862. The van der Waals surface area contributed by atoms with Crippen LogP contribution in [0.25, 0.3) is 0 Å². The third-order valence-corrected chi connectivity index (χ3v) is 8.66. The van der Waals surface area contributed by atoms with Crippen molar-refractivity contribution in [1.82, 2.24) is 9.55 Å². The lowest BCUT2D eigenvalue weighted by atomic mass is 10.1. The van der Waals surface area contributed by atoms with Crippen molar-refractivity contribution in [1.29, 1.82) is 0 Å². The maximum absolute atomic E-state index is 14.9. The van der Waals surface area contributed by atoms with Crippen LogP contribution in [0.3, 0.4) is 0 Å². The zero-order valence-corrected chi connectivity index (χ0v) is 25.8. The van der Waals surface area contributed by atoms with Gasteiger partial charge in [0.1, 0.15) is 6.23 Å². The van der Waals surface area contributed by atoms with Crippen LogP contribution in [0.4, 0.5) is 4.39 Å². The zero-order chi connectivity index (χ0) is 29.2. The molecule has 9 nitrogen and oxygen atoms in total. The number of halogens is 1. The van der Waals surface area contributed by atoms with Gasteiger partial charge in [-0.2, -0.15) is 0 Å². The van der Waals surface area contributed by atoms with Gasteiger partial charge < -0.3 is 4.74 Å². The highest BCUT2D eigenvalue weighted by atomic mass is 31.2. The molecule has 0 amide bonds. The Morgan fingerprint density at radius 2 is 1.35 bits per heavy atom. The summed E-state index contributed by atoms with van der Waals surface area (Å²) < 4.78 is 51.9. The van der Waals surface area contributed by atoms with E-state index in [-0.39, 0.29) is 25.2 Å². The predicted octanol–water partition coefficient (Wildman–Crippen LogP) is 7.87. The second-order valence-electron chi connectivity index (χ2n) is 10.9. The number of alkyl halides is 1. The Bertz CT molecular complexity index is 960. The molecular weight excluding hydrogens is 538 g/mol. The Labute approximate surface area is 239 Å². The molecule has 1 aliphatic rings. The normalized spacial score (nSPS) is 19.4. The molecule has 0 radical (unpaired) electrons. The van der Waals surface area contributed by atoms with Gasteiger partial charge in [-0.05, 0) is 19.8 Å². The summed E-state index contributed by atoms with van der Waals surface area (Å²) in [5.41, 5.74) is -0.943. The fourth-order valence-corrected chi connectivity index (χ4v) is 6.06. The average Bonchev–Trinajstić information content (AvgIpc) is 3.28. The molecule has 0 unspecified atom stereocenters. The first-order chi connectivity index (χ1) is 19.3. The van der Waals surface area contributed by atoms with E-state index in [0.717, 1.165) is 43.1 Å². The van der Waals surface area contributed by atoms with E-state index in [1.807, 2.05) is 0 Å². The van der Waals surface area contributed by atoms with Crippen molar-refractivity contribution < 1.29 is 27.3 Å². The molecule has 1 fully saturated rings. The quantitative estimate of drug-likeness (QED) is 0.102. The van der Waals surface area contributed by atoms with Crippen LogP contribution < -0.4 is 11.2 Å². The monoisotopic (exact) mass is 590 g/mol. The summed E-state index contributed by atoms with van der Waals surface area (Å²) in [6, 6.07) is 0. The van der Waals surface area contributed by atoms with Crippen LogP contribution in [0, 0.1) is 6.92 Å². The summed E-state index contributed by atoms with van der Waals surface area (Å²) in [6.45, 7) is 6.28. The number of phosphoric acid groups is 1. The number of unbranched alkanes of at least 4 members (excludes halogenated alkanes) is 14. The highest BCUT2D eigenvalue weighted by molar-refractivity contribution is 7.48. The van der Waals surface area contributed by atoms with E-state index in [0.29, 0.717) is 12.8 Å². The molecule has 0 bridgehead atoms. The smallest absolute Gasteiger partial charge is 0.325 e. The number of aryl methyl sites for hydroxylation is 1. The van der Waals surface area contributed by atoms with E-state index >= 15 is 0 Å². The van der Waals surface area contributed by atoms with Gasteiger partial charge in [-0.15, -0.1) is 0 Å². The first kappa shape index (κ1) is 34.9. The van der Waals surface area contributed by atoms with Gasteiger partial charge in [0.05, 0.1) is 13.2 Å². The van der Waals surface area contributed by atoms with Crippen LogP contribution in [-0.4, -0.2) is 35.2 Å². The minimum absolute atomic E-state index is 0.176. The van der Waals surface area contributed by atoms with Crippen molar-refractivity contribution >= 4 is 7.82 Å². The average molecular weight is 591 g/mol. The Hall–Kier alpha value is -1.32. The number of ether oxygens (including phenoxy) is 1. The van der Waals surface area contributed by atoms with Gasteiger partial charge >= 0.3 is 13.5 Å². The van der Waals surface area contributed by atoms with Crippen LogP contribution in [-0.2, 0) is 22.9 Å². The van der Waals surface area contributed by atoms with E-state index in [4.69, 9.17) is 18.3 Å². The number of nitrogens with zero attached hydrogens (tertiary/aromatic N) is 1. The lowest BCUT2D eigenvalue weighted by molar-refractivity contribution is -0.128. The number of hydrogen-bond acceptors (Lipinski definition) is 7. The third-order valence-electron chi connectivity index (χ3n) is 7.20. The van der Waals surface area contributed by atoms with E-state index in [9.17, 15) is 18.5 Å². The molecule has 2 heterocycles. The molecule has 1 aliphatic heterocycles. The number of rotatable bonds is 23. The minimum atomic E-state index is -4.10. The maximum atomic E-state index is 14.9. The Balaban J connectivity index is 1.88. The lowest BCUT2D eigenvalue weighted by Gasteiger charge is -2.22. The van der Waals surface area contributed by atoms with Crippen LogP contribution in [0.15, 0.2) is 15.8 Å². The highest BCUT2D eigenvalue weighted by Gasteiger charge is 2.43. The molecule has 1 aromatic rings. The number of nitrogens with one attached hydrogen (secondary N) is 1. The molecule has 0 spiro atoms. The SMILES string of the molecule is CCCCCCCCCCOP(=O)(OCCCCCCCCCC)O[C@H]1O[C@@H](n2cc(C)c(=O)[nH]c2=O)C[C@@H]1F. The lowest BCUT2D eigenvalue weighted by Crippen LogP contribution is -2.33. The van der Waals surface area contributed by atoms with E-state index < -0.39 is 37.8 Å². The van der Waals surface area contributed by atoms with Crippen LogP contribution >= 0.6 is 7.82 Å². The van der Waals surface area contributed by atoms with Gasteiger partial charge in [-0.25, -0.2) is 13.8 Å². The number of hydrogen-bond donors (Lipinski definition) is 1. The topological polar surface area (TPSA) is 109 Å².